The van der Waals surface area contributed by atoms with Crippen LogP contribution in [0.15, 0.2) is 10.8 Å². The SMILES string of the molecule is F/C(Br)=C/C(F)(F)F. The predicted octanol–water partition coefficient (Wildman–Crippen LogP) is 2.75. The van der Waals surface area contributed by atoms with Gasteiger partial charge in [0.05, 0.1) is 6.08 Å². The highest BCUT2D eigenvalue weighted by molar-refractivity contribution is 9.11. The molecule has 0 aliphatic carbocycles. The van der Waals surface area contributed by atoms with Crippen LogP contribution in [-0.2, 0) is 0 Å². The molecule has 0 aliphatic rings. The normalized spacial score (nSPS) is 14.4. The zero-order valence-corrected chi connectivity index (χ0v) is 5.05. The molecule has 0 aromatic carbocycles. The lowest BCUT2D eigenvalue weighted by Gasteiger charge is -1.94. The van der Waals surface area contributed by atoms with Crippen LogP contribution in [-0.4, -0.2) is 6.18 Å². The largest absolute Gasteiger partial charge is 0.413 e. The summed E-state index contributed by atoms with van der Waals surface area (Å²) in [6.45, 7) is 0. The third kappa shape index (κ3) is 5.94. The van der Waals surface area contributed by atoms with Crippen molar-refractivity contribution in [2.75, 3.05) is 0 Å². The van der Waals surface area contributed by atoms with Crippen LogP contribution in [0.4, 0.5) is 17.6 Å². The fourth-order valence-electron chi connectivity index (χ4n) is 0.124. The van der Waals surface area contributed by atoms with Crippen molar-refractivity contribution >= 4 is 15.9 Å². The summed E-state index contributed by atoms with van der Waals surface area (Å²) >= 11 is 1.98. The van der Waals surface area contributed by atoms with Gasteiger partial charge in [0.2, 0.25) is 0 Å². The highest BCUT2D eigenvalue weighted by Gasteiger charge is 2.24. The standard InChI is InChI=1S/C3HBrF4/c4-2(5)1-3(6,7)8/h1H/b2-1+. The Hall–Kier alpha value is -0.0600. The van der Waals surface area contributed by atoms with Crippen molar-refractivity contribution in [2.24, 2.45) is 0 Å². The molecule has 0 aliphatic heterocycles. The monoisotopic (exact) mass is 192 g/mol. The molecule has 0 atom stereocenters. The maximum Gasteiger partial charge on any atom is 0.413 e. The summed E-state index contributed by atoms with van der Waals surface area (Å²) in [7, 11) is 0. The van der Waals surface area contributed by atoms with Gasteiger partial charge in [0.25, 0.3) is 0 Å². The third-order valence-corrected chi connectivity index (χ3v) is 0.502. The quantitative estimate of drug-likeness (QED) is 0.518. The number of rotatable bonds is 0. The van der Waals surface area contributed by atoms with Crippen LogP contribution in [0.25, 0.3) is 0 Å². The van der Waals surface area contributed by atoms with Crippen molar-refractivity contribution < 1.29 is 17.6 Å². The van der Waals surface area contributed by atoms with Gasteiger partial charge in [-0.2, -0.15) is 17.6 Å². The van der Waals surface area contributed by atoms with Gasteiger partial charge in [0, 0.05) is 0 Å². The highest BCUT2D eigenvalue weighted by Crippen LogP contribution is 2.21. The van der Waals surface area contributed by atoms with E-state index in [-0.39, 0.29) is 0 Å². The van der Waals surface area contributed by atoms with Crippen LogP contribution in [0.1, 0.15) is 0 Å². The number of hydrogen-bond acceptors (Lipinski definition) is 0. The average molecular weight is 193 g/mol. The molecule has 0 N–H and O–H groups in total. The Morgan fingerprint density at radius 2 is 1.75 bits per heavy atom. The summed E-state index contributed by atoms with van der Waals surface area (Å²) in [6.07, 6.45) is -5.04. The van der Waals surface area contributed by atoms with E-state index in [2.05, 4.69) is 0 Å². The summed E-state index contributed by atoms with van der Waals surface area (Å²) in [4.78, 5) is 0. The Bertz CT molecular complexity index is 98.3. The second-order valence-corrected chi connectivity index (χ2v) is 1.73. The zero-order chi connectivity index (χ0) is 6.78. The molecule has 0 bridgehead atoms. The minimum Gasteiger partial charge on any atom is -0.199 e. The Morgan fingerprint density at radius 3 is 1.75 bits per heavy atom. The first-order chi connectivity index (χ1) is 3.42. The lowest BCUT2D eigenvalue weighted by Crippen LogP contribution is -2.00. The van der Waals surface area contributed by atoms with Crippen molar-refractivity contribution in [1.82, 2.24) is 0 Å². The van der Waals surface area contributed by atoms with Crippen molar-refractivity contribution in [3.05, 3.63) is 10.8 Å². The van der Waals surface area contributed by atoms with Gasteiger partial charge in [-0.1, -0.05) is 0 Å². The lowest BCUT2D eigenvalue weighted by atomic mass is 10.6. The molecule has 0 nitrogen and oxygen atoms in total. The van der Waals surface area contributed by atoms with Crippen molar-refractivity contribution in [1.29, 1.82) is 0 Å². The molecule has 0 amide bonds. The Labute approximate surface area is 51.3 Å². The fraction of sp³-hybridized carbons (Fsp3) is 0.333. The van der Waals surface area contributed by atoms with Gasteiger partial charge in [-0.25, -0.2) is 0 Å². The van der Waals surface area contributed by atoms with Gasteiger partial charge in [-0.05, 0) is 15.9 Å². The first kappa shape index (κ1) is 7.94. The fourth-order valence-corrected chi connectivity index (χ4v) is 0.383. The van der Waals surface area contributed by atoms with Crippen molar-refractivity contribution in [3.8, 4) is 0 Å². The average Bonchev–Trinajstić information content (AvgIpc) is 1.21. The van der Waals surface area contributed by atoms with Crippen LogP contribution in [0.2, 0.25) is 0 Å². The van der Waals surface area contributed by atoms with Gasteiger partial charge >= 0.3 is 6.18 Å². The van der Waals surface area contributed by atoms with Gasteiger partial charge in [0.15, 0.2) is 4.74 Å². The summed E-state index contributed by atoms with van der Waals surface area (Å²) in [6, 6.07) is 0. The van der Waals surface area contributed by atoms with E-state index in [1.54, 1.807) is 0 Å². The smallest absolute Gasteiger partial charge is 0.199 e. The first-order valence-electron chi connectivity index (χ1n) is 1.52. The highest BCUT2D eigenvalue weighted by atomic mass is 79.9. The molecule has 0 heterocycles. The van der Waals surface area contributed by atoms with E-state index in [0.29, 0.717) is 0 Å². The first-order valence-corrected chi connectivity index (χ1v) is 2.32. The molecule has 0 saturated carbocycles. The lowest BCUT2D eigenvalue weighted by molar-refractivity contribution is -0.0807. The number of alkyl halides is 3. The second kappa shape index (κ2) is 2.48. The van der Waals surface area contributed by atoms with Crippen LogP contribution < -0.4 is 0 Å². The summed E-state index contributed by atoms with van der Waals surface area (Å²) in [5.41, 5.74) is 0. The molecule has 0 radical (unpaired) electrons. The van der Waals surface area contributed by atoms with Crippen LogP contribution >= 0.6 is 15.9 Å². The molecular weight excluding hydrogens is 192 g/mol. The molecule has 0 unspecified atom stereocenters. The van der Waals surface area contributed by atoms with Crippen LogP contribution in [0, 0.1) is 0 Å². The van der Waals surface area contributed by atoms with Gasteiger partial charge in [-0.3, -0.25) is 0 Å². The van der Waals surface area contributed by atoms with E-state index in [0.717, 1.165) is 0 Å². The van der Waals surface area contributed by atoms with E-state index in [4.69, 9.17) is 0 Å². The maximum absolute atomic E-state index is 11.3. The summed E-state index contributed by atoms with van der Waals surface area (Å²) in [5, 5.41) is 0. The number of halogens is 5. The van der Waals surface area contributed by atoms with Gasteiger partial charge in [0.1, 0.15) is 0 Å². The molecule has 0 aromatic rings. The molecular formula is C3HBrF4. The molecule has 8 heavy (non-hydrogen) atoms. The topological polar surface area (TPSA) is 0 Å². The second-order valence-electron chi connectivity index (χ2n) is 0.976. The molecule has 0 aromatic heterocycles. The van der Waals surface area contributed by atoms with E-state index in [1.165, 1.54) is 0 Å². The third-order valence-electron chi connectivity index (χ3n) is 0.273. The molecule has 5 heteroatoms. The summed E-state index contributed by atoms with van der Waals surface area (Å²) in [5.74, 6) is 0. The Balaban J connectivity index is 3.89. The summed E-state index contributed by atoms with van der Waals surface area (Å²) < 4.78 is 42.7. The van der Waals surface area contributed by atoms with Crippen molar-refractivity contribution in [2.45, 2.75) is 6.18 Å². The number of hydrogen-bond donors (Lipinski definition) is 0. The van der Waals surface area contributed by atoms with E-state index in [1.807, 2.05) is 15.9 Å². The molecule has 0 rings (SSSR count). The van der Waals surface area contributed by atoms with E-state index >= 15 is 0 Å². The zero-order valence-electron chi connectivity index (χ0n) is 3.47. The predicted molar refractivity (Wildman–Crippen MR) is 24.2 cm³/mol. The molecule has 0 spiro atoms. The molecule has 48 valence electrons. The van der Waals surface area contributed by atoms with Gasteiger partial charge < -0.3 is 0 Å². The van der Waals surface area contributed by atoms with E-state index in [9.17, 15) is 17.6 Å². The molecule has 0 saturated heterocycles. The Kier molecular flexibility index (Phi) is 2.46. The van der Waals surface area contributed by atoms with Crippen LogP contribution in [0.5, 0.6) is 0 Å². The van der Waals surface area contributed by atoms with Crippen molar-refractivity contribution in [3.63, 3.8) is 0 Å². The molecule has 0 fully saturated rings. The minimum absolute atomic E-state index is 0.479. The Morgan fingerprint density at radius 1 is 1.38 bits per heavy atom. The van der Waals surface area contributed by atoms with Crippen LogP contribution in [0.3, 0.4) is 0 Å². The number of allylic oxidation sites excluding steroid dienone is 1. The minimum atomic E-state index is -4.56. The van der Waals surface area contributed by atoms with Gasteiger partial charge in [-0.15, -0.1) is 0 Å². The van der Waals surface area contributed by atoms with E-state index < -0.39 is 17.0 Å². The maximum atomic E-state index is 11.3.